The predicted molar refractivity (Wildman–Crippen MR) is 67.3 cm³/mol. The molecule has 3 amide bonds. The van der Waals surface area contributed by atoms with Crippen LogP contribution in [0.15, 0.2) is 28.7 Å². The Morgan fingerprint density at radius 1 is 1.47 bits per heavy atom. The molecule has 1 aromatic rings. The van der Waals surface area contributed by atoms with Gasteiger partial charge >= 0.3 is 6.03 Å². The molecule has 1 aliphatic heterocycles. The second kappa shape index (κ2) is 4.87. The Balaban J connectivity index is 2.08. The smallest absolute Gasteiger partial charge is 0.319 e. The van der Waals surface area contributed by atoms with E-state index in [9.17, 15) is 9.59 Å². The van der Waals surface area contributed by atoms with Gasteiger partial charge in [-0.15, -0.1) is 0 Å². The van der Waals surface area contributed by atoms with Crippen LogP contribution >= 0.6 is 15.9 Å². The summed E-state index contributed by atoms with van der Waals surface area (Å²) in [6.45, 7) is 2.80. The highest BCUT2D eigenvalue weighted by atomic mass is 79.9. The quantitative estimate of drug-likeness (QED) is 0.909. The van der Waals surface area contributed by atoms with E-state index in [1.54, 1.807) is 4.90 Å². The second-order valence-corrected chi connectivity index (χ2v) is 5.12. The van der Waals surface area contributed by atoms with Gasteiger partial charge in [0.1, 0.15) is 0 Å². The first-order valence-corrected chi connectivity index (χ1v) is 6.20. The lowest BCUT2D eigenvalue weighted by molar-refractivity contribution is -0.125. The number of hydrogen-bond donors (Lipinski definition) is 1. The lowest BCUT2D eigenvalue weighted by Crippen LogP contribution is -2.53. The van der Waals surface area contributed by atoms with E-state index in [1.807, 2.05) is 31.2 Å². The number of nitrogens with one attached hydrogen (secondary N) is 1. The summed E-state index contributed by atoms with van der Waals surface area (Å²) in [6, 6.07) is 7.48. The Labute approximate surface area is 108 Å². The summed E-state index contributed by atoms with van der Waals surface area (Å²) in [5.74, 6) is -0.347. The van der Waals surface area contributed by atoms with Gasteiger partial charge in [0.05, 0.1) is 5.92 Å². The first kappa shape index (κ1) is 12.1. The van der Waals surface area contributed by atoms with Gasteiger partial charge in [0, 0.05) is 17.6 Å². The van der Waals surface area contributed by atoms with Crippen molar-refractivity contribution in [1.82, 2.24) is 10.2 Å². The van der Waals surface area contributed by atoms with Crippen molar-refractivity contribution in [2.75, 3.05) is 6.54 Å². The minimum Gasteiger partial charge on any atom is -0.319 e. The van der Waals surface area contributed by atoms with Crippen molar-refractivity contribution in [3.63, 3.8) is 0 Å². The summed E-state index contributed by atoms with van der Waals surface area (Å²) in [5.41, 5.74) is 1.04. The molecule has 0 radical (unpaired) electrons. The average Bonchev–Trinajstić information content (AvgIpc) is 2.26. The molecule has 1 N–H and O–H groups in total. The first-order chi connectivity index (χ1) is 8.06. The SMILES string of the molecule is CC1CN(Cc2cccc(Br)c2)C(=O)NC1=O. The topological polar surface area (TPSA) is 49.4 Å². The van der Waals surface area contributed by atoms with Gasteiger partial charge in [0.2, 0.25) is 5.91 Å². The summed E-state index contributed by atoms with van der Waals surface area (Å²) < 4.78 is 0.983. The maximum atomic E-state index is 11.6. The molecule has 90 valence electrons. The van der Waals surface area contributed by atoms with Crippen LogP contribution in [-0.4, -0.2) is 23.4 Å². The zero-order chi connectivity index (χ0) is 12.4. The van der Waals surface area contributed by atoms with Crippen molar-refractivity contribution in [2.24, 2.45) is 5.92 Å². The number of amides is 3. The van der Waals surface area contributed by atoms with Gasteiger partial charge in [-0.3, -0.25) is 10.1 Å². The highest BCUT2D eigenvalue weighted by molar-refractivity contribution is 9.10. The van der Waals surface area contributed by atoms with Crippen LogP contribution in [0.3, 0.4) is 0 Å². The molecule has 1 atom stereocenters. The monoisotopic (exact) mass is 296 g/mol. The van der Waals surface area contributed by atoms with Crippen LogP contribution in [0.25, 0.3) is 0 Å². The lowest BCUT2D eigenvalue weighted by atomic mass is 10.1. The van der Waals surface area contributed by atoms with E-state index in [-0.39, 0.29) is 17.9 Å². The van der Waals surface area contributed by atoms with E-state index in [4.69, 9.17) is 0 Å². The van der Waals surface area contributed by atoms with Crippen molar-refractivity contribution >= 4 is 27.9 Å². The molecular formula is C12H13BrN2O2. The Morgan fingerprint density at radius 2 is 2.24 bits per heavy atom. The molecule has 0 aliphatic carbocycles. The van der Waals surface area contributed by atoms with Crippen molar-refractivity contribution in [3.8, 4) is 0 Å². The van der Waals surface area contributed by atoms with Gasteiger partial charge in [-0.25, -0.2) is 4.79 Å². The van der Waals surface area contributed by atoms with Crippen LogP contribution in [-0.2, 0) is 11.3 Å². The second-order valence-electron chi connectivity index (χ2n) is 4.21. The minimum atomic E-state index is -0.312. The molecule has 1 aliphatic rings. The van der Waals surface area contributed by atoms with Crippen molar-refractivity contribution < 1.29 is 9.59 Å². The standard InChI is InChI=1S/C12H13BrN2O2/c1-8-6-15(12(17)14-11(8)16)7-9-3-2-4-10(13)5-9/h2-5,8H,6-7H2,1H3,(H,14,16,17). The van der Waals surface area contributed by atoms with E-state index >= 15 is 0 Å². The third-order valence-electron chi connectivity index (χ3n) is 2.72. The number of rotatable bonds is 2. The molecule has 4 nitrogen and oxygen atoms in total. The molecule has 0 bridgehead atoms. The molecule has 5 heteroatoms. The molecule has 1 unspecified atom stereocenters. The van der Waals surface area contributed by atoms with Gasteiger partial charge in [0.25, 0.3) is 0 Å². The summed E-state index contributed by atoms with van der Waals surface area (Å²) in [6.07, 6.45) is 0. The normalized spacial score (nSPS) is 20.4. The maximum absolute atomic E-state index is 11.6. The van der Waals surface area contributed by atoms with Gasteiger partial charge in [0.15, 0.2) is 0 Å². The fourth-order valence-electron chi connectivity index (χ4n) is 1.80. The summed E-state index contributed by atoms with van der Waals surface area (Å²) in [4.78, 5) is 24.6. The number of carbonyl (C=O) groups excluding carboxylic acids is 2. The Morgan fingerprint density at radius 3 is 2.94 bits per heavy atom. The van der Waals surface area contributed by atoms with E-state index in [1.165, 1.54) is 0 Å². The maximum Gasteiger partial charge on any atom is 0.324 e. The van der Waals surface area contributed by atoms with E-state index in [0.717, 1.165) is 10.0 Å². The molecule has 0 saturated carbocycles. The minimum absolute atomic E-state index is 0.153. The summed E-state index contributed by atoms with van der Waals surface area (Å²) >= 11 is 3.39. The zero-order valence-corrected chi connectivity index (χ0v) is 11.0. The first-order valence-electron chi connectivity index (χ1n) is 5.40. The zero-order valence-electron chi connectivity index (χ0n) is 9.44. The molecule has 0 spiro atoms. The third-order valence-corrected chi connectivity index (χ3v) is 3.21. The highest BCUT2D eigenvalue weighted by Crippen LogP contribution is 2.16. The fourth-order valence-corrected chi connectivity index (χ4v) is 2.24. The number of hydrogen-bond acceptors (Lipinski definition) is 2. The van der Waals surface area contributed by atoms with Crippen molar-refractivity contribution in [3.05, 3.63) is 34.3 Å². The van der Waals surface area contributed by atoms with E-state index < -0.39 is 0 Å². The molecule has 1 saturated heterocycles. The summed E-state index contributed by atoms with van der Waals surface area (Å²) in [5, 5.41) is 2.35. The van der Waals surface area contributed by atoms with E-state index in [2.05, 4.69) is 21.2 Å². The van der Waals surface area contributed by atoms with Crippen LogP contribution in [0.5, 0.6) is 0 Å². The number of carbonyl (C=O) groups is 2. The fraction of sp³-hybridized carbons (Fsp3) is 0.333. The Bertz CT molecular complexity index is 462. The van der Waals surface area contributed by atoms with Gasteiger partial charge in [-0.05, 0) is 17.7 Å². The molecule has 1 aromatic carbocycles. The number of halogens is 1. The Kier molecular flexibility index (Phi) is 3.47. The molecular weight excluding hydrogens is 284 g/mol. The van der Waals surface area contributed by atoms with Gasteiger partial charge in [-0.1, -0.05) is 35.0 Å². The highest BCUT2D eigenvalue weighted by Gasteiger charge is 2.28. The predicted octanol–water partition coefficient (Wildman–Crippen LogP) is 2.14. The molecule has 0 aromatic heterocycles. The van der Waals surface area contributed by atoms with Gasteiger partial charge in [-0.2, -0.15) is 0 Å². The lowest BCUT2D eigenvalue weighted by Gasteiger charge is -2.30. The number of imide groups is 1. The molecule has 17 heavy (non-hydrogen) atoms. The third kappa shape index (κ3) is 2.85. The van der Waals surface area contributed by atoms with Crippen LogP contribution in [0.1, 0.15) is 12.5 Å². The molecule has 1 heterocycles. The molecule has 1 fully saturated rings. The van der Waals surface area contributed by atoms with Crippen LogP contribution < -0.4 is 5.32 Å². The van der Waals surface area contributed by atoms with Crippen LogP contribution in [0.4, 0.5) is 4.79 Å². The summed E-state index contributed by atoms with van der Waals surface area (Å²) in [7, 11) is 0. The van der Waals surface area contributed by atoms with Crippen molar-refractivity contribution in [1.29, 1.82) is 0 Å². The Hall–Kier alpha value is -1.36. The number of benzene rings is 1. The van der Waals surface area contributed by atoms with Gasteiger partial charge < -0.3 is 4.90 Å². The average molecular weight is 297 g/mol. The van der Waals surface area contributed by atoms with Crippen LogP contribution in [0, 0.1) is 5.92 Å². The van der Waals surface area contributed by atoms with Crippen molar-refractivity contribution in [2.45, 2.75) is 13.5 Å². The largest absolute Gasteiger partial charge is 0.324 e. The molecule has 2 rings (SSSR count). The number of nitrogens with zero attached hydrogens (tertiary/aromatic N) is 1. The van der Waals surface area contributed by atoms with E-state index in [0.29, 0.717) is 13.1 Å². The number of urea groups is 1. The van der Waals surface area contributed by atoms with Crippen LogP contribution in [0.2, 0.25) is 0 Å².